The Morgan fingerprint density at radius 2 is 1.85 bits per heavy atom. The van der Waals surface area contributed by atoms with Crippen LogP contribution in [0.3, 0.4) is 0 Å². The van der Waals surface area contributed by atoms with E-state index in [4.69, 9.17) is 9.78 Å². The summed E-state index contributed by atoms with van der Waals surface area (Å²) in [4.78, 5) is 48.1. The molecule has 5 rings (SSSR count). The van der Waals surface area contributed by atoms with E-state index in [1.54, 1.807) is 5.06 Å². The largest absolute Gasteiger partial charge is 0.478 e. The number of carboxylic acid groups (broad SMARTS) is 2. The van der Waals surface area contributed by atoms with Crippen molar-refractivity contribution in [3.8, 4) is 0 Å². The first-order chi connectivity index (χ1) is 18.4. The lowest BCUT2D eigenvalue weighted by atomic mass is 9.45. The molecule has 1 heterocycles. The third-order valence-corrected chi connectivity index (χ3v) is 10.7. The van der Waals surface area contributed by atoms with E-state index in [0.717, 1.165) is 32.1 Å². The van der Waals surface area contributed by atoms with Gasteiger partial charge in [-0.15, -0.1) is 0 Å². The van der Waals surface area contributed by atoms with Crippen molar-refractivity contribution in [1.29, 1.82) is 0 Å². The van der Waals surface area contributed by atoms with Crippen LogP contribution in [0.4, 0.5) is 0 Å². The van der Waals surface area contributed by atoms with Gasteiger partial charge in [0.25, 0.3) is 0 Å². The van der Waals surface area contributed by atoms with Crippen LogP contribution in [-0.2, 0) is 24.2 Å². The van der Waals surface area contributed by atoms with Crippen LogP contribution in [0.25, 0.3) is 0 Å². The first-order valence-electron chi connectivity index (χ1n) is 14.1. The molecule has 4 N–H and O–H groups in total. The molecule has 3 saturated carbocycles. The number of carboxylic acids is 2. The minimum atomic E-state index is -1.41. The van der Waals surface area contributed by atoms with Crippen molar-refractivity contribution in [2.45, 2.75) is 83.3 Å². The first-order valence-corrected chi connectivity index (χ1v) is 14.1. The summed E-state index contributed by atoms with van der Waals surface area (Å²) in [6.45, 7) is 5.40. The summed E-state index contributed by atoms with van der Waals surface area (Å²) in [7, 11) is 1.49. The lowest BCUT2D eigenvalue weighted by molar-refractivity contribution is -0.327. The lowest BCUT2D eigenvalue weighted by Gasteiger charge is -2.63. The highest BCUT2D eigenvalue weighted by molar-refractivity contribution is 5.94. The van der Waals surface area contributed by atoms with Crippen LogP contribution < -0.4 is 5.48 Å². The molecule has 7 atom stereocenters. The summed E-state index contributed by atoms with van der Waals surface area (Å²) < 4.78 is 0. The van der Waals surface area contributed by atoms with Gasteiger partial charge >= 0.3 is 11.9 Å². The fourth-order valence-corrected chi connectivity index (χ4v) is 8.50. The molecule has 0 spiro atoms. The molecule has 4 aliphatic carbocycles. The van der Waals surface area contributed by atoms with Crippen LogP contribution in [0.15, 0.2) is 23.5 Å². The molecular formula is C28H41N3O8. The maximum absolute atomic E-state index is 12.9. The van der Waals surface area contributed by atoms with Crippen LogP contribution in [-0.4, -0.2) is 75.0 Å². The fraction of sp³-hybridized carbons (Fsp3) is 0.750. The summed E-state index contributed by atoms with van der Waals surface area (Å²) in [5.41, 5.74) is 0.630. The summed E-state index contributed by atoms with van der Waals surface area (Å²) in [5, 5.41) is 34.8. The van der Waals surface area contributed by atoms with Gasteiger partial charge < -0.3 is 15.3 Å². The third-order valence-electron chi connectivity index (χ3n) is 10.7. The number of ketones is 1. The van der Waals surface area contributed by atoms with Gasteiger partial charge in [0.05, 0.1) is 24.9 Å². The highest BCUT2D eigenvalue weighted by Gasteiger charge is 2.66. The van der Waals surface area contributed by atoms with Crippen molar-refractivity contribution in [2.24, 2.45) is 28.6 Å². The molecule has 39 heavy (non-hydrogen) atoms. The highest BCUT2D eigenvalue weighted by Crippen LogP contribution is 2.66. The Morgan fingerprint density at radius 3 is 2.49 bits per heavy atom. The van der Waals surface area contributed by atoms with E-state index in [1.807, 2.05) is 0 Å². The Balaban J connectivity index is 1.53. The monoisotopic (exact) mass is 547 g/mol. The molecule has 4 fully saturated rings. The van der Waals surface area contributed by atoms with Gasteiger partial charge in [-0.3, -0.25) is 15.1 Å². The summed E-state index contributed by atoms with van der Waals surface area (Å²) >= 11 is 0. The standard InChI is InChI=1S/C28H41N3O8/c1-26-10-9-20-18(19(26)6-7-23(26)32)14-22(29-38-3)28(37)16-17(8-11-27(20,28)2)31(39-30-12-4-5-13-30)21(25(35)36)15-24(33)34/h14-15,17-20,29,37H,4-13,16H2,1-3H3,(H,33,34)(H,35,36)/t17?,18-,19-,20-,26-,27+,28-/m0/s1. The highest BCUT2D eigenvalue weighted by atomic mass is 16.8. The quantitative estimate of drug-likeness (QED) is 0.262. The van der Waals surface area contributed by atoms with Crippen LogP contribution >= 0.6 is 0 Å². The van der Waals surface area contributed by atoms with Gasteiger partial charge in [0, 0.05) is 36.8 Å². The number of nitrogens with zero attached hydrogens (tertiary/aromatic N) is 2. The molecule has 0 radical (unpaired) electrons. The Morgan fingerprint density at radius 1 is 1.13 bits per heavy atom. The average Bonchev–Trinajstić information content (AvgIpc) is 3.50. The van der Waals surface area contributed by atoms with E-state index in [0.29, 0.717) is 49.9 Å². The number of rotatable bonds is 8. The zero-order chi connectivity index (χ0) is 28.2. The number of fused-ring (bicyclic) bond motifs is 5. The summed E-state index contributed by atoms with van der Waals surface area (Å²) in [6, 6.07) is -0.606. The summed E-state index contributed by atoms with van der Waals surface area (Å²) in [5.74, 6) is -2.03. The number of hydrogen-bond acceptors (Lipinski definition) is 9. The molecule has 0 aromatic rings. The van der Waals surface area contributed by atoms with E-state index >= 15 is 0 Å². The normalized spacial score (nSPS) is 40.4. The number of carbonyl (C=O) groups is 3. The van der Waals surface area contributed by atoms with E-state index in [1.165, 1.54) is 12.2 Å². The van der Waals surface area contributed by atoms with Gasteiger partial charge in [-0.05, 0) is 62.7 Å². The smallest absolute Gasteiger partial charge is 0.354 e. The molecule has 11 heteroatoms. The van der Waals surface area contributed by atoms with Crippen molar-refractivity contribution in [3.63, 3.8) is 0 Å². The van der Waals surface area contributed by atoms with Crippen LogP contribution in [0.2, 0.25) is 0 Å². The molecule has 216 valence electrons. The number of hydrogen-bond donors (Lipinski definition) is 4. The predicted octanol–water partition coefficient (Wildman–Crippen LogP) is 2.63. The molecule has 5 aliphatic rings. The van der Waals surface area contributed by atoms with Gasteiger partial charge in [0.2, 0.25) is 0 Å². The topological polar surface area (TPSA) is 149 Å². The lowest BCUT2D eigenvalue weighted by Crippen LogP contribution is -2.66. The minimum absolute atomic E-state index is 0.105. The molecule has 0 aromatic carbocycles. The second kappa shape index (κ2) is 10.2. The minimum Gasteiger partial charge on any atom is -0.478 e. The zero-order valence-electron chi connectivity index (χ0n) is 23.0. The molecule has 1 saturated heterocycles. The molecule has 11 nitrogen and oxygen atoms in total. The molecule has 1 aliphatic heterocycles. The maximum Gasteiger partial charge on any atom is 0.354 e. The second-order valence-electron chi connectivity index (χ2n) is 12.5. The molecule has 1 unspecified atom stereocenters. The number of allylic oxidation sites excluding steroid dienone is 1. The Kier molecular flexibility index (Phi) is 7.32. The number of nitrogens with one attached hydrogen (secondary N) is 1. The molecule has 0 bridgehead atoms. The van der Waals surface area contributed by atoms with Crippen molar-refractivity contribution in [1.82, 2.24) is 15.6 Å². The van der Waals surface area contributed by atoms with E-state index in [2.05, 4.69) is 25.4 Å². The van der Waals surface area contributed by atoms with E-state index in [-0.39, 0.29) is 29.6 Å². The maximum atomic E-state index is 12.9. The van der Waals surface area contributed by atoms with Crippen LogP contribution in [0.5, 0.6) is 0 Å². The van der Waals surface area contributed by atoms with E-state index < -0.39 is 34.7 Å². The molecule has 0 amide bonds. The van der Waals surface area contributed by atoms with Gasteiger partial charge in [-0.1, -0.05) is 19.9 Å². The van der Waals surface area contributed by atoms with Gasteiger partial charge in [0.1, 0.15) is 11.4 Å². The number of hydroxylamine groups is 5. The number of aliphatic hydroxyl groups is 1. The van der Waals surface area contributed by atoms with E-state index in [9.17, 15) is 29.7 Å². The second-order valence-corrected chi connectivity index (χ2v) is 12.5. The Hall–Kier alpha value is -2.47. The van der Waals surface area contributed by atoms with Crippen molar-refractivity contribution in [3.05, 3.63) is 23.5 Å². The third kappa shape index (κ3) is 4.47. The SMILES string of the molecule is CONC1=C[C@H]2[C@@H]3CCC(=O)[C@@]3(C)CC[C@@H]2[C@@]2(C)CCC(N(ON3CCCC3)C(=CC(=O)O)C(=O)O)C[C@]12O. The van der Waals surface area contributed by atoms with Gasteiger partial charge in [-0.25, -0.2) is 14.7 Å². The molecule has 0 aromatic heterocycles. The van der Waals surface area contributed by atoms with Crippen molar-refractivity contribution < 1.29 is 39.5 Å². The first kappa shape index (κ1) is 28.1. The van der Waals surface area contributed by atoms with Crippen molar-refractivity contribution in [2.75, 3.05) is 20.2 Å². The van der Waals surface area contributed by atoms with Crippen LogP contribution in [0, 0.1) is 28.6 Å². The molecular weight excluding hydrogens is 506 g/mol. The van der Waals surface area contributed by atoms with Gasteiger partial charge in [0.15, 0.2) is 5.70 Å². The Labute approximate surface area is 228 Å². The number of carbonyl (C=O) groups excluding carboxylic acids is 1. The Bertz CT molecular complexity index is 1090. The average molecular weight is 548 g/mol. The fourth-order valence-electron chi connectivity index (χ4n) is 8.50. The zero-order valence-corrected chi connectivity index (χ0v) is 23.0. The summed E-state index contributed by atoms with van der Waals surface area (Å²) in [6.07, 6.45) is 8.70. The predicted molar refractivity (Wildman–Crippen MR) is 138 cm³/mol. The van der Waals surface area contributed by atoms with Crippen molar-refractivity contribution >= 4 is 17.7 Å². The number of aliphatic carboxylic acids is 2. The number of Topliss-reactive ketones (excluding diaryl/α,β-unsaturated/α-hetero) is 1. The van der Waals surface area contributed by atoms with Crippen LogP contribution in [0.1, 0.15) is 71.6 Å². The van der Waals surface area contributed by atoms with Gasteiger partial charge in [-0.2, -0.15) is 10.0 Å².